The van der Waals surface area contributed by atoms with E-state index in [0.717, 1.165) is 24.4 Å². The molecule has 1 aromatic rings. The number of carboxylic acids is 1. The van der Waals surface area contributed by atoms with Gasteiger partial charge in [-0.05, 0) is 31.2 Å². The maximum absolute atomic E-state index is 12.2. The zero-order valence-corrected chi connectivity index (χ0v) is 13.5. The molecule has 22 heavy (non-hydrogen) atoms. The van der Waals surface area contributed by atoms with Gasteiger partial charge in [-0.15, -0.1) is 23.1 Å². The number of thiophene rings is 1. The minimum atomic E-state index is -1.04. The number of carboxylic acid groups (broad SMARTS) is 1. The van der Waals surface area contributed by atoms with E-state index < -0.39 is 5.97 Å². The number of rotatable bonds is 2. The normalized spacial score (nSPS) is 25.8. The summed E-state index contributed by atoms with van der Waals surface area (Å²) >= 11 is 3.13. The average molecular weight is 334 g/mol. The van der Waals surface area contributed by atoms with Crippen molar-refractivity contribution < 1.29 is 14.7 Å². The van der Waals surface area contributed by atoms with Crippen LogP contribution in [0.1, 0.15) is 15.3 Å². The highest BCUT2D eigenvalue weighted by atomic mass is 32.2. The zero-order chi connectivity index (χ0) is 15.4. The third-order valence-corrected chi connectivity index (χ3v) is 6.39. The molecule has 1 unspecified atom stereocenters. The van der Waals surface area contributed by atoms with Crippen molar-refractivity contribution in [1.29, 1.82) is 0 Å². The molecule has 1 N–H and O–H groups in total. The second kappa shape index (κ2) is 4.97. The van der Waals surface area contributed by atoms with Crippen molar-refractivity contribution >= 4 is 41.1 Å². The van der Waals surface area contributed by atoms with Gasteiger partial charge >= 0.3 is 5.97 Å². The molecule has 0 aliphatic carbocycles. The Morgan fingerprint density at radius 2 is 2.32 bits per heavy atom. The predicted molar refractivity (Wildman–Crippen MR) is 86.3 cm³/mol. The average Bonchev–Trinajstić information content (AvgIpc) is 3.05. The first kappa shape index (κ1) is 14.0. The number of thioether (sulfide) groups is 1. The minimum absolute atomic E-state index is 0.0873. The lowest BCUT2D eigenvalue weighted by Crippen LogP contribution is -2.51. The van der Waals surface area contributed by atoms with Crippen LogP contribution in [0.25, 0.3) is 6.08 Å². The van der Waals surface area contributed by atoms with Crippen molar-refractivity contribution in [3.05, 3.63) is 38.1 Å². The third-order valence-electron chi connectivity index (χ3n) is 4.13. The van der Waals surface area contributed by atoms with Gasteiger partial charge in [0, 0.05) is 28.3 Å². The van der Waals surface area contributed by atoms with E-state index in [1.54, 1.807) is 16.7 Å². The van der Waals surface area contributed by atoms with E-state index in [1.165, 1.54) is 27.1 Å². The van der Waals surface area contributed by atoms with E-state index in [2.05, 4.69) is 18.0 Å². The Bertz CT molecular complexity index is 750. The molecule has 3 aliphatic rings. The quantitative estimate of drug-likeness (QED) is 0.662. The van der Waals surface area contributed by atoms with E-state index in [-0.39, 0.29) is 17.0 Å². The van der Waals surface area contributed by atoms with E-state index in [9.17, 15) is 9.59 Å². The first-order chi connectivity index (χ1) is 10.5. The Kier molecular flexibility index (Phi) is 3.18. The van der Waals surface area contributed by atoms with Gasteiger partial charge in [-0.25, -0.2) is 4.79 Å². The molecule has 4 heterocycles. The third kappa shape index (κ3) is 2.04. The topological polar surface area (TPSA) is 60.9 Å². The number of carbonyl (C=O) groups excluding carboxylic acids is 1. The van der Waals surface area contributed by atoms with Crippen LogP contribution in [0, 0.1) is 0 Å². The molecule has 1 aromatic heterocycles. The van der Waals surface area contributed by atoms with Crippen LogP contribution >= 0.6 is 23.1 Å². The number of β-lactam (4-membered cyclic amide) rings is 1. The highest BCUT2D eigenvalue weighted by molar-refractivity contribution is 8.03. The van der Waals surface area contributed by atoms with Crippen LogP contribution < -0.4 is 0 Å². The zero-order valence-electron chi connectivity index (χ0n) is 11.9. The summed E-state index contributed by atoms with van der Waals surface area (Å²) in [5.74, 6) is -1.23. The molecule has 3 aliphatic heterocycles. The molecule has 7 heteroatoms. The maximum Gasteiger partial charge on any atom is 0.353 e. The van der Waals surface area contributed by atoms with Gasteiger partial charge in [-0.3, -0.25) is 9.69 Å². The fraction of sp³-hybridized carbons (Fsp3) is 0.333. The van der Waals surface area contributed by atoms with E-state index in [0.29, 0.717) is 5.57 Å². The number of likely N-dealkylation sites (N-methyl/N-ethyl adjacent to an activating group) is 1. The van der Waals surface area contributed by atoms with Gasteiger partial charge < -0.3 is 10.0 Å². The van der Waals surface area contributed by atoms with Crippen LogP contribution in [-0.4, -0.2) is 45.7 Å². The number of amides is 1. The predicted octanol–water partition coefficient (Wildman–Crippen LogP) is 1.96. The number of carbonyl (C=O) groups is 2. The van der Waals surface area contributed by atoms with Crippen molar-refractivity contribution in [2.45, 2.75) is 18.3 Å². The van der Waals surface area contributed by atoms with Crippen molar-refractivity contribution in [2.24, 2.45) is 0 Å². The Morgan fingerprint density at radius 3 is 3.09 bits per heavy atom. The molecule has 0 spiro atoms. The van der Waals surface area contributed by atoms with Crippen molar-refractivity contribution in [3.63, 3.8) is 0 Å². The molecule has 4 rings (SSSR count). The Balaban J connectivity index is 1.59. The van der Waals surface area contributed by atoms with Crippen molar-refractivity contribution in [3.8, 4) is 0 Å². The number of hydrogen-bond donors (Lipinski definition) is 1. The fourth-order valence-corrected chi connectivity index (χ4v) is 5.23. The molecule has 1 fully saturated rings. The lowest BCUT2D eigenvalue weighted by Gasteiger charge is -2.37. The maximum atomic E-state index is 12.2. The second-order valence-electron chi connectivity index (χ2n) is 5.66. The number of nitrogens with zero attached hydrogens (tertiary/aromatic N) is 2. The number of fused-ring (bicyclic) bond motifs is 2. The lowest BCUT2D eigenvalue weighted by molar-refractivity contribution is -0.141. The Morgan fingerprint density at radius 1 is 1.50 bits per heavy atom. The molecular weight excluding hydrogens is 320 g/mol. The van der Waals surface area contributed by atoms with Gasteiger partial charge in [0.1, 0.15) is 11.1 Å². The number of aliphatic carboxylic acids is 1. The summed E-state index contributed by atoms with van der Waals surface area (Å²) in [6.07, 6.45) is 2.99. The van der Waals surface area contributed by atoms with Gasteiger partial charge in [0.15, 0.2) is 0 Å². The highest BCUT2D eigenvalue weighted by Gasteiger charge is 2.49. The van der Waals surface area contributed by atoms with E-state index in [1.807, 2.05) is 6.08 Å². The smallest absolute Gasteiger partial charge is 0.353 e. The molecule has 0 radical (unpaired) electrons. The summed E-state index contributed by atoms with van der Waals surface area (Å²) in [6.45, 7) is 2.03. The molecule has 1 amide bonds. The molecule has 1 atom stereocenters. The van der Waals surface area contributed by atoms with Crippen LogP contribution in [0.2, 0.25) is 0 Å². The lowest BCUT2D eigenvalue weighted by atomic mass is 10.0. The summed E-state index contributed by atoms with van der Waals surface area (Å²) in [6, 6.07) is 2.16. The summed E-state index contributed by atoms with van der Waals surface area (Å²) < 4.78 is 0. The van der Waals surface area contributed by atoms with Gasteiger partial charge in [0.05, 0.1) is 5.57 Å². The Hall–Kier alpha value is -1.57. The van der Waals surface area contributed by atoms with Crippen LogP contribution in [0.5, 0.6) is 0 Å². The fourth-order valence-electron chi connectivity index (χ4n) is 2.99. The summed E-state index contributed by atoms with van der Waals surface area (Å²) in [5, 5.41) is 10.5. The largest absolute Gasteiger partial charge is 0.477 e. The van der Waals surface area contributed by atoms with Gasteiger partial charge in [-0.2, -0.15) is 0 Å². The molecule has 0 saturated carbocycles. The molecule has 5 nitrogen and oxygen atoms in total. The van der Waals surface area contributed by atoms with Crippen molar-refractivity contribution in [2.75, 3.05) is 13.6 Å². The van der Waals surface area contributed by atoms with Crippen LogP contribution in [0.4, 0.5) is 0 Å². The second-order valence-corrected chi connectivity index (χ2v) is 7.78. The Labute approximate surface area is 135 Å². The standard InChI is InChI=1S/C15H14N2O3S2/c1-16-3-2-12-8(6-16)4-9(22-12)5-10-13(18)17-11(15(19)20)7-21-14(10)17/h4-5,7,14H,2-3,6H2,1H3,(H,19,20)/b10-5-. The highest BCUT2D eigenvalue weighted by Crippen LogP contribution is 2.45. The van der Waals surface area contributed by atoms with Crippen LogP contribution in [0.15, 0.2) is 22.7 Å². The molecule has 1 saturated heterocycles. The first-order valence-electron chi connectivity index (χ1n) is 6.99. The SMILES string of the molecule is CN1CCc2sc(/C=C3/C(=O)N4C(C(=O)O)=CSC34)cc2C1. The van der Waals surface area contributed by atoms with Gasteiger partial charge in [0.25, 0.3) is 5.91 Å². The van der Waals surface area contributed by atoms with Gasteiger partial charge in [0.2, 0.25) is 0 Å². The van der Waals surface area contributed by atoms with Gasteiger partial charge in [-0.1, -0.05) is 0 Å². The minimum Gasteiger partial charge on any atom is -0.477 e. The van der Waals surface area contributed by atoms with Crippen LogP contribution in [0.3, 0.4) is 0 Å². The monoisotopic (exact) mass is 334 g/mol. The molecule has 114 valence electrons. The van der Waals surface area contributed by atoms with Crippen LogP contribution in [-0.2, 0) is 22.6 Å². The summed E-state index contributed by atoms with van der Waals surface area (Å²) in [7, 11) is 2.11. The summed E-state index contributed by atoms with van der Waals surface area (Å²) in [5.41, 5.74) is 2.13. The first-order valence-corrected chi connectivity index (χ1v) is 8.75. The number of hydrogen-bond acceptors (Lipinski definition) is 5. The van der Waals surface area contributed by atoms with Crippen molar-refractivity contribution in [1.82, 2.24) is 9.80 Å². The molecular formula is C15H14N2O3S2. The molecule has 0 aromatic carbocycles. The molecule has 0 bridgehead atoms. The summed E-state index contributed by atoms with van der Waals surface area (Å²) in [4.78, 5) is 29.4. The van der Waals surface area contributed by atoms with E-state index >= 15 is 0 Å². The van der Waals surface area contributed by atoms with E-state index in [4.69, 9.17) is 5.11 Å².